The summed E-state index contributed by atoms with van der Waals surface area (Å²) in [5.74, 6) is 5.77. The predicted octanol–water partition coefficient (Wildman–Crippen LogP) is 0.213. The smallest absolute Gasteiger partial charge is 0.255 e. The van der Waals surface area contributed by atoms with Crippen molar-refractivity contribution >= 4 is 11.7 Å². The minimum Gasteiger partial charge on any atom is -0.338 e. The van der Waals surface area contributed by atoms with E-state index in [0.717, 1.165) is 19.5 Å². The maximum atomic E-state index is 11.7. The van der Waals surface area contributed by atoms with Crippen molar-refractivity contribution < 1.29 is 4.79 Å². The molecule has 0 atom stereocenters. The molecule has 3 N–H and O–H groups in total. The van der Waals surface area contributed by atoms with E-state index in [9.17, 15) is 4.79 Å². The van der Waals surface area contributed by atoms with E-state index in [-0.39, 0.29) is 5.91 Å². The SMILES string of the molecule is NNc1ccc(C(=O)N2CCC2)cn1. The minimum absolute atomic E-state index is 0.0484. The van der Waals surface area contributed by atoms with Crippen LogP contribution < -0.4 is 11.3 Å². The van der Waals surface area contributed by atoms with Crippen molar-refractivity contribution in [2.24, 2.45) is 5.84 Å². The van der Waals surface area contributed by atoms with Gasteiger partial charge in [-0.15, -0.1) is 0 Å². The van der Waals surface area contributed by atoms with E-state index in [0.29, 0.717) is 11.4 Å². The second-order valence-corrected chi connectivity index (χ2v) is 3.22. The molecule has 5 heteroatoms. The molecule has 0 aromatic carbocycles. The summed E-state index contributed by atoms with van der Waals surface area (Å²) in [4.78, 5) is 17.4. The summed E-state index contributed by atoms with van der Waals surface area (Å²) < 4.78 is 0. The van der Waals surface area contributed by atoms with Crippen molar-refractivity contribution in [1.82, 2.24) is 9.88 Å². The largest absolute Gasteiger partial charge is 0.338 e. The van der Waals surface area contributed by atoms with Gasteiger partial charge in [0.1, 0.15) is 5.82 Å². The van der Waals surface area contributed by atoms with Crippen molar-refractivity contribution in [3.8, 4) is 0 Å². The van der Waals surface area contributed by atoms with Crippen molar-refractivity contribution in [2.75, 3.05) is 18.5 Å². The molecular formula is C9H12N4O. The lowest BCUT2D eigenvalue weighted by Crippen LogP contribution is -2.42. The average Bonchev–Trinajstić information content (AvgIpc) is 2.15. The number of anilines is 1. The van der Waals surface area contributed by atoms with Gasteiger partial charge in [0.05, 0.1) is 5.56 Å². The first-order valence-corrected chi connectivity index (χ1v) is 4.53. The summed E-state index contributed by atoms with van der Waals surface area (Å²) in [7, 11) is 0. The zero-order chi connectivity index (χ0) is 9.97. The standard InChI is InChI=1S/C9H12N4O/c10-12-8-3-2-7(6-11-8)9(14)13-4-1-5-13/h2-3,6H,1,4-5,10H2,(H,11,12). The molecule has 2 heterocycles. The van der Waals surface area contributed by atoms with Gasteiger partial charge in [0.25, 0.3) is 5.91 Å². The Kier molecular flexibility index (Phi) is 2.32. The first kappa shape index (κ1) is 8.96. The van der Waals surface area contributed by atoms with Crippen LogP contribution in [0.25, 0.3) is 0 Å². The van der Waals surface area contributed by atoms with Gasteiger partial charge in [0, 0.05) is 19.3 Å². The van der Waals surface area contributed by atoms with E-state index < -0.39 is 0 Å². The van der Waals surface area contributed by atoms with Crippen LogP contribution in [0.15, 0.2) is 18.3 Å². The van der Waals surface area contributed by atoms with Gasteiger partial charge >= 0.3 is 0 Å². The highest BCUT2D eigenvalue weighted by Gasteiger charge is 2.21. The summed E-state index contributed by atoms with van der Waals surface area (Å²) in [6, 6.07) is 3.41. The zero-order valence-electron chi connectivity index (χ0n) is 7.73. The Hall–Kier alpha value is -1.62. The van der Waals surface area contributed by atoms with Gasteiger partial charge in [-0.3, -0.25) is 4.79 Å². The fraction of sp³-hybridized carbons (Fsp3) is 0.333. The van der Waals surface area contributed by atoms with Crippen molar-refractivity contribution in [3.63, 3.8) is 0 Å². The Labute approximate surface area is 81.9 Å². The normalized spacial score (nSPS) is 14.8. The summed E-state index contributed by atoms with van der Waals surface area (Å²) >= 11 is 0. The number of likely N-dealkylation sites (tertiary alicyclic amines) is 1. The van der Waals surface area contributed by atoms with Crippen LogP contribution in [0.1, 0.15) is 16.8 Å². The Morgan fingerprint density at radius 2 is 2.29 bits per heavy atom. The van der Waals surface area contributed by atoms with Gasteiger partial charge in [0.2, 0.25) is 0 Å². The maximum Gasteiger partial charge on any atom is 0.255 e. The second kappa shape index (κ2) is 3.63. The summed E-state index contributed by atoms with van der Waals surface area (Å²) in [6.07, 6.45) is 2.64. The zero-order valence-corrected chi connectivity index (χ0v) is 7.73. The van der Waals surface area contributed by atoms with Crippen molar-refractivity contribution in [2.45, 2.75) is 6.42 Å². The van der Waals surface area contributed by atoms with E-state index in [1.165, 1.54) is 6.20 Å². The molecule has 1 aliphatic rings. The minimum atomic E-state index is 0.0484. The van der Waals surface area contributed by atoms with Crippen molar-refractivity contribution in [1.29, 1.82) is 0 Å². The number of carbonyl (C=O) groups excluding carboxylic acids is 1. The quantitative estimate of drug-likeness (QED) is 0.519. The molecule has 0 aliphatic carbocycles. The summed E-state index contributed by atoms with van der Waals surface area (Å²) in [5, 5.41) is 0. The third kappa shape index (κ3) is 1.54. The lowest BCUT2D eigenvalue weighted by Gasteiger charge is -2.30. The van der Waals surface area contributed by atoms with E-state index in [2.05, 4.69) is 10.4 Å². The van der Waals surface area contributed by atoms with Crippen LogP contribution in [0.3, 0.4) is 0 Å². The number of hydrogen-bond acceptors (Lipinski definition) is 4. The lowest BCUT2D eigenvalue weighted by atomic mass is 10.1. The molecule has 0 bridgehead atoms. The summed E-state index contributed by atoms with van der Waals surface area (Å²) in [6.45, 7) is 1.71. The molecule has 2 rings (SSSR count). The van der Waals surface area contributed by atoms with E-state index in [1.54, 1.807) is 17.0 Å². The molecule has 0 saturated carbocycles. The summed E-state index contributed by atoms with van der Waals surface area (Å²) in [5.41, 5.74) is 3.03. The number of nitrogens with zero attached hydrogens (tertiary/aromatic N) is 2. The molecule has 1 saturated heterocycles. The van der Waals surface area contributed by atoms with E-state index in [1.807, 2.05) is 0 Å². The number of hydrogen-bond donors (Lipinski definition) is 2. The van der Waals surface area contributed by atoms with Gasteiger partial charge in [-0.05, 0) is 18.6 Å². The Balaban J connectivity index is 2.11. The van der Waals surface area contributed by atoms with Crippen LogP contribution >= 0.6 is 0 Å². The van der Waals surface area contributed by atoms with Gasteiger partial charge < -0.3 is 10.3 Å². The van der Waals surface area contributed by atoms with Gasteiger partial charge in [-0.25, -0.2) is 10.8 Å². The molecule has 14 heavy (non-hydrogen) atoms. The molecule has 5 nitrogen and oxygen atoms in total. The number of carbonyl (C=O) groups is 1. The van der Waals surface area contributed by atoms with Crippen LogP contribution in [0.2, 0.25) is 0 Å². The molecule has 1 aliphatic heterocycles. The highest BCUT2D eigenvalue weighted by Crippen LogP contribution is 2.12. The molecule has 1 fully saturated rings. The van der Waals surface area contributed by atoms with Crippen LogP contribution in [-0.4, -0.2) is 28.9 Å². The van der Waals surface area contributed by atoms with Gasteiger partial charge in [-0.1, -0.05) is 0 Å². The first-order chi connectivity index (χ1) is 6.81. The molecule has 0 spiro atoms. The highest BCUT2D eigenvalue weighted by molar-refractivity contribution is 5.94. The maximum absolute atomic E-state index is 11.7. The number of rotatable bonds is 2. The highest BCUT2D eigenvalue weighted by atomic mass is 16.2. The lowest BCUT2D eigenvalue weighted by molar-refractivity contribution is 0.0651. The van der Waals surface area contributed by atoms with Gasteiger partial charge in [0.15, 0.2) is 0 Å². The van der Waals surface area contributed by atoms with Gasteiger partial charge in [-0.2, -0.15) is 0 Å². The number of nitrogens with one attached hydrogen (secondary N) is 1. The monoisotopic (exact) mass is 192 g/mol. The van der Waals surface area contributed by atoms with E-state index >= 15 is 0 Å². The molecule has 1 amide bonds. The fourth-order valence-electron chi connectivity index (χ4n) is 1.31. The Morgan fingerprint density at radius 3 is 2.71 bits per heavy atom. The first-order valence-electron chi connectivity index (χ1n) is 4.53. The Morgan fingerprint density at radius 1 is 1.50 bits per heavy atom. The number of amides is 1. The molecule has 0 unspecified atom stereocenters. The number of nitrogen functional groups attached to an aromatic ring is 1. The second-order valence-electron chi connectivity index (χ2n) is 3.22. The van der Waals surface area contributed by atoms with E-state index in [4.69, 9.17) is 5.84 Å². The third-order valence-corrected chi connectivity index (χ3v) is 2.30. The number of nitrogens with two attached hydrogens (primary N) is 1. The van der Waals surface area contributed by atoms with Crippen LogP contribution in [0, 0.1) is 0 Å². The average molecular weight is 192 g/mol. The van der Waals surface area contributed by atoms with Crippen molar-refractivity contribution in [3.05, 3.63) is 23.9 Å². The molecule has 0 radical (unpaired) electrons. The molecule has 1 aromatic rings. The number of aromatic nitrogens is 1. The third-order valence-electron chi connectivity index (χ3n) is 2.30. The molecule has 1 aromatic heterocycles. The van der Waals surface area contributed by atoms with Crippen LogP contribution in [-0.2, 0) is 0 Å². The van der Waals surface area contributed by atoms with Crippen LogP contribution in [0.4, 0.5) is 5.82 Å². The topological polar surface area (TPSA) is 71.2 Å². The molecular weight excluding hydrogens is 180 g/mol. The number of hydrazine groups is 1. The number of pyridine rings is 1. The predicted molar refractivity (Wildman–Crippen MR) is 52.6 cm³/mol. The van der Waals surface area contributed by atoms with Crippen LogP contribution in [0.5, 0.6) is 0 Å². The fourth-order valence-corrected chi connectivity index (χ4v) is 1.31. The molecule has 74 valence electrons. The Bertz CT molecular complexity index is 331.